The van der Waals surface area contributed by atoms with E-state index in [1.165, 1.54) is 51.6 Å². The van der Waals surface area contributed by atoms with Crippen molar-refractivity contribution in [3.63, 3.8) is 0 Å². The van der Waals surface area contributed by atoms with E-state index in [0.29, 0.717) is 18.5 Å². The van der Waals surface area contributed by atoms with E-state index < -0.39 is 0 Å². The maximum absolute atomic E-state index is 5.49. The monoisotopic (exact) mass is 304 g/mol. The van der Waals surface area contributed by atoms with Crippen LogP contribution >= 0.6 is 0 Å². The highest BCUT2D eigenvalue weighted by Gasteiger charge is 2.26. The fraction of sp³-hybridized carbons (Fsp3) is 0.765. The van der Waals surface area contributed by atoms with Crippen LogP contribution in [0.1, 0.15) is 45.4 Å². The molecule has 1 aromatic rings. The molecule has 1 atom stereocenters. The molecule has 0 aromatic carbocycles. The average molecular weight is 304 g/mol. The number of hydrogen-bond acceptors (Lipinski definition) is 5. The number of hydrogen-bond donors (Lipinski definition) is 0. The van der Waals surface area contributed by atoms with Crippen molar-refractivity contribution in [1.82, 2.24) is 14.9 Å². The third kappa shape index (κ3) is 3.88. The Morgan fingerprint density at radius 2 is 1.91 bits per heavy atom. The lowest BCUT2D eigenvalue weighted by molar-refractivity contribution is 0.181. The van der Waals surface area contributed by atoms with Crippen molar-refractivity contribution in [2.75, 3.05) is 37.7 Å². The number of piperidine rings is 1. The van der Waals surface area contributed by atoms with Gasteiger partial charge in [-0.3, -0.25) is 9.88 Å². The molecule has 2 aliphatic heterocycles. The van der Waals surface area contributed by atoms with Gasteiger partial charge in [0.25, 0.3) is 0 Å². The Balaban J connectivity index is 1.65. The second-order valence-electron chi connectivity index (χ2n) is 6.34. The van der Waals surface area contributed by atoms with Crippen LogP contribution in [0.4, 0.5) is 5.82 Å². The molecule has 0 N–H and O–H groups in total. The van der Waals surface area contributed by atoms with Crippen LogP contribution in [0.5, 0.6) is 5.88 Å². The molecule has 22 heavy (non-hydrogen) atoms. The third-order valence-electron chi connectivity index (χ3n) is 4.77. The van der Waals surface area contributed by atoms with E-state index in [1.807, 2.05) is 13.1 Å². The van der Waals surface area contributed by atoms with E-state index in [-0.39, 0.29) is 0 Å². The lowest BCUT2D eigenvalue weighted by Gasteiger charge is -2.39. The molecule has 2 fully saturated rings. The van der Waals surface area contributed by atoms with E-state index in [0.717, 1.165) is 18.9 Å². The Bertz CT molecular complexity index is 460. The minimum atomic E-state index is 0.633. The molecule has 2 saturated heterocycles. The maximum atomic E-state index is 5.49. The molecule has 0 saturated carbocycles. The summed E-state index contributed by atoms with van der Waals surface area (Å²) in [6.07, 6.45) is 11.6. The molecule has 0 aliphatic carbocycles. The van der Waals surface area contributed by atoms with Gasteiger partial charge in [0, 0.05) is 19.1 Å². The van der Waals surface area contributed by atoms with Crippen molar-refractivity contribution in [3.8, 4) is 5.88 Å². The quantitative estimate of drug-likeness (QED) is 0.855. The summed E-state index contributed by atoms with van der Waals surface area (Å²) in [4.78, 5) is 14.0. The molecular formula is C17H28N4O. The van der Waals surface area contributed by atoms with Gasteiger partial charge in [-0.15, -0.1) is 0 Å². The molecule has 122 valence electrons. The van der Waals surface area contributed by atoms with Crippen molar-refractivity contribution in [2.45, 2.75) is 51.5 Å². The van der Waals surface area contributed by atoms with Gasteiger partial charge in [0.1, 0.15) is 0 Å². The zero-order valence-corrected chi connectivity index (χ0v) is 13.7. The first-order valence-electron chi connectivity index (χ1n) is 8.80. The molecule has 1 unspecified atom stereocenters. The van der Waals surface area contributed by atoms with Gasteiger partial charge < -0.3 is 9.64 Å². The van der Waals surface area contributed by atoms with Gasteiger partial charge >= 0.3 is 0 Å². The van der Waals surface area contributed by atoms with Gasteiger partial charge in [0.2, 0.25) is 5.88 Å². The Kier molecular flexibility index (Phi) is 5.48. The summed E-state index contributed by atoms with van der Waals surface area (Å²) >= 11 is 0. The zero-order valence-electron chi connectivity index (χ0n) is 13.7. The smallest absolute Gasteiger partial charge is 0.234 e. The molecule has 0 spiro atoms. The van der Waals surface area contributed by atoms with Gasteiger partial charge in [0.05, 0.1) is 19.0 Å². The van der Waals surface area contributed by atoms with Crippen molar-refractivity contribution in [2.24, 2.45) is 0 Å². The van der Waals surface area contributed by atoms with Gasteiger partial charge in [-0.1, -0.05) is 12.8 Å². The van der Waals surface area contributed by atoms with Crippen molar-refractivity contribution in [3.05, 3.63) is 12.4 Å². The van der Waals surface area contributed by atoms with Crippen LogP contribution in [0, 0.1) is 0 Å². The van der Waals surface area contributed by atoms with Crippen molar-refractivity contribution >= 4 is 5.82 Å². The molecule has 5 heteroatoms. The minimum Gasteiger partial charge on any atom is -0.477 e. The number of ether oxygens (including phenoxy) is 1. The van der Waals surface area contributed by atoms with E-state index in [9.17, 15) is 0 Å². The second-order valence-corrected chi connectivity index (χ2v) is 6.34. The summed E-state index contributed by atoms with van der Waals surface area (Å²) < 4.78 is 5.49. The van der Waals surface area contributed by atoms with Crippen LogP contribution in [-0.4, -0.2) is 53.7 Å². The highest BCUT2D eigenvalue weighted by Crippen LogP contribution is 2.23. The molecule has 2 aliphatic rings. The largest absolute Gasteiger partial charge is 0.477 e. The van der Waals surface area contributed by atoms with Gasteiger partial charge in [-0.25, -0.2) is 0 Å². The third-order valence-corrected chi connectivity index (χ3v) is 4.77. The molecule has 3 heterocycles. The molecular weight excluding hydrogens is 276 g/mol. The van der Waals surface area contributed by atoms with Crippen molar-refractivity contribution < 1.29 is 4.74 Å². The number of likely N-dealkylation sites (tertiary alicyclic amines) is 1. The molecule has 0 amide bonds. The van der Waals surface area contributed by atoms with E-state index >= 15 is 0 Å². The predicted octanol–water partition coefficient (Wildman–Crippen LogP) is 2.72. The second kappa shape index (κ2) is 7.77. The fourth-order valence-corrected chi connectivity index (χ4v) is 3.63. The normalized spacial score (nSPS) is 24.0. The van der Waals surface area contributed by atoms with Crippen LogP contribution in [0.15, 0.2) is 12.4 Å². The Hall–Kier alpha value is -1.36. The highest BCUT2D eigenvalue weighted by atomic mass is 16.5. The number of aromatic nitrogens is 2. The Morgan fingerprint density at radius 1 is 1.09 bits per heavy atom. The average Bonchev–Trinajstić information content (AvgIpc) is 2.85. The number of rotatable bonds is 4. The van der Waals surface area contributed by atoms with Crippen molar-refractivity contribution in [1.29, 1.82) is 0 Å². The summed E-state index contributed by atoms with van der Waals surface area (Å²) in [5.74, 6) is 1.60. The summed E-state index contributed by atoms with van der Waals surface area (Å²) in [5.41, 5.74) is 0. The molecule has 5 nitrogen and oxygen atoms in total. The van der Waals surface area contributed by atoms with Gasteiger partial charge in [-0.2, -0.15) is 4.98 Å². The molecule has 1 aromatic heterocycles. The standard InChI is InChI=1S/C17H28N4O/c1-2-22-17-13-18-12-16(19-17)21-11-7-8-15(14-21)20-9-5-3-4-6-10-20/h12-13,15H,2-11,14H2,1H3. The van der Waals surface area contributed by atoms with Crippen LogP contribution < -0.4 is 9.64 Å². The maximum Gasteiger partial charge on any atom is 0.234 e. The topological polar surface area (TPSA) is 41.5 Å². The van der Waals surface area contributed by atoms with Crippen LogP contribution in [0.3, 0.4) is 0 Å². The predicted molar refractivity (Wildman–Crippen MR) is 88.5 cm³/mol. The van der Waals surface area contributed by atoms with E-state index in [2.05, 4.69) is 19.8 Å². The fourth-order valence-electron chi connectivity index (χ4n) is 3.63. The minimum absolute atomic E-state index is 0.633. The molecule has 0 radical (unpaired) electrons. The highest BCUT2D eigenvalue weighted by molar-refractivity contribution is 5.38. The summed E-state index contributed by atoms with van der Waals surface area (Å²) in [5, 5.41) is 0. The van der Waals surface area contributed by atoms with E-state index in [1.54, 1.807) is 6.20 Å². The van der Waals surface area contributed by atoms with Gasteiger partial charge in [-0.05, 0) is 45.7 Å². The van der Waals surface area contributed by atoms with Crippen LogP contribution in [-0.2, 0) is 0 Å². The van der Waals surface area contributed by atoms with E-state index in [4.69, 9.17) is 4.74 Å². The first-order chi connectivity index (χ1) is 10.9. The first-order valence-corrected chi connectivity index (χ1v) is 8.80. The summed E-state index contributed by atoms with van der Waals surface area (Å²) in [6.45, 7) is 7.30. The molecule has 0 bridgehead atoms. The summed E-state index contributed by atoms with van der Waals surface area (Å²) in [6, 6.07) is 0.671. The first kappa shape index (κ1) is 15.5. The lowest BCUT2D eigenvalue weighted by atomic mass is 10.0. The van der Waals surface area contributed by atoms with Gasteiger partial charge in [0.15, 0.2) is 5.82 Å². The van der Waals surface area contributed by atoms with Crippen LogP contribution in [0.2, 0.25) is 0 Å². The zero-order chi connectivity index (χ0) is 15.2. The lowest BCUT2D eigenvalue weighted by Crippen LogP contribution is -2.48. The number of nitrogens with zero attached hydrogens (tertiary/aromatic N) is 4. The Morgan fingerprint density at radius 3 is 2.68 bits per heavy atom. The summed E-state index contributed by atoms with van der Waals surface area (Å²) in [7, 11) is 0. The SMILES string of the molecule is CCOc1cncc(N2CCCC(N3CCCCCC3)C2)n1. The molecule has 3 rings (SSSR count). The Labute approximate surface area is 133 Å². The van der Waals surface area contributed by atoms with Crippen LogP contribution in [0.25, 0.3) is 0 Å². The number of anilines is 1.